The molecule has 0 unspecified atom stereocenters. The number of carbonyl (C=O) groups excluding carboxylic acids is 1. The number of hydrogen-bond acceptors (Lipinski definition) is 5. The molecule has 2 saturated heterocycles. The number of ether oxygens (including phenoxy) is 2. The molecule has 1 N–H and O–H groups in total. The smallest absolute Gasteiger partial charge is 0.242 e. The van der Waals surface area contributed by atoms with Crippen molar-refractivity contribution >= 4 is 30.7 Å². The summed E-state index contributed by atoms with van der Waals surface area (Å²) in [5.41, 5.74) is 0. The fourth-order valence-corrected chi connectivity index (χ4v) is 3.34. The van der Waals surface area contributed by atoms with Crippen LogP contribution < -0.4 is 5.32 Å². The molecular formula is C17H35Cl2N3O3. The van der Waals surface area contributed by atoms with Crippen LogP contribution in [0.2, 0.25) is 0 Å². The fourth-order valence-electron chi connectivity index (χ4n) is 3.34. The maximum Gasteiger partial charge on any atom is 0.242 e. The lowest BCUT2D eigenvalue weighted by atomic mass is 10.0. The van der Waals surface area contributed by atoms with E-state index in [4.69, 9.17) is 9.47 Å². The first-order valence-electron chi connectivity index (χ1n) is 9.13. The van der Waals surface area contributed by atoms with Gasteiger partial charge in [0.1, 0.15) is 6.04 Å². The van der Waals surface area contributed by atoms with Crippen LogP contribution in [0.15, 0.2) is 0 Å². The molecule has 0 aliphatic carbocycles. The van der Waals surface area contributed by atoms with Crippen LogP contribution >= 0.6 is 24.8 Å². The van der Waals surface area contributed by atoms with Gasteiger partial charge in [0.05, 0.1) is 25.4 Å². The van der Waals surface area contributed by atoms with E-state index in [2.05, 4.69) is 24.1 Å². The van der Waals surface area contributed by atoms with Gasteiger partial charge in [-0.15, -0.1) is 24.8 Å². The molecule has 0 aromatic carbocycles. The van der Waals surface area contributed by atoms with Crippen molar-refractivity contribution in [2.24, 2.45) is 0 Å². The molecule has 2 fully saturated rings. The monoisotopic (exact) mass is 399 g/mol. The van der Waals surface area contributed by atoms with Crippen molar-refractivity contribution in [2.45, 2.75) is 51.9 Å². The van der Waals surface area contributed by atoms with Crippen LogP contribution in [0.1, 0.15) is 33.6 Å². The average Bonchev–Trinajstić information content (AvgIpc) is 2.59. The molecule has 0 spiro atoms. The Kier molecular flexibility index (Phi) is 13.1. The number of nitrogens with zero attached hydrogens (tertiary/aromatic N) is 2. The van der Waals surface area contributed by atoms with E-state index in [0.717, 1.165) is 58.7 Å². The number of amides is 1. The first-order chi connectivity index (χ1) is 11.2. The zero-order chi connectivity index (χ0) is 16.7. The summed E-state index contributed by atoms with van der Waals surface area (Å²) >= 11 is 0. The number of piperidine rings is 1. The number of rotatable bonds is 7. The summed E-state index contributed by atoms with van der Waals surface area (Å²) in [6.45, 7) is 13.3. The first-order valence-corrected chi connectivity index (χ1v) is 9.13. The molecule has 2 aliphatic rings. The summed E-state index contributed by atoms with van der Waals surface area (Å²) in [6, 6.07) is -0.191. The molecule has 150 valence electrons. The van der Waals surface area contributed by atoms with E-state index in [9.17, 15) is 4.79 Å². The summed E-state index contributed by atoms with van der Waals surface area (Å²) in [5, 5.41) is 3.28. The minimum absolute atomic E-state index is 0. The highest BCUT2D eigenvalue weighted by molar-refractivity contribution is 5.85. The Morgan fingerprint density at radius 1 is 1.24 bits per heavy atom. The van der Waals surface area contributed by atoms with E-state index in [1.165, 1.54) is 0 Å². The average molecular weight is 400 g/mol. The second kappa shape index (κ2) is 13.1. The third kappa shape index (κ3) is 7.57. The van der Waals surface area contributed by atoms with E-state index in [1.807, 2.05) is 11.8 Å². The lowest BCUT2D eigenvalue weighted by molar-refractivity contribution is -0.142. The van der Waals surface area contributed by atoms with Crippen molar-refractivity contribution in [1.82, 2.24) is 15.1 Å². The summed E-state index contributed by atoms with van der Waals surface area (Å²) in [4.78, 5) is 16.9. The van der Waals surface area contributed by atoms with E-state index in [-0.39, 0.29) is 42.9 Å². The summed E-state index contributed by atoms with van der Waals surface area (Å²) in [6.07, 6.45) is 2.12. The molecule has 8 heteroatoms. The number of halogens is 2. The highest BCUT2D eigenvalue weighted by Crippen LogP contribution is 2.16. The molecule has 6 nitrogen and oxygen atoms in total. The van der Waals surface area contributed by atoms with Crippen molar-refractivity contribution in [2.75, 3.05) is 52.5 Å². The predicted molar refractivity (Wildman–Crippen MR) is 105 cm³/mol. The fraction of sp³-hybridized carbons (Fsp3) is 0.941. The second-order valence-corrected chi connectivity index (χ2v) is 6.43. The van der Waals surface area contributed by atoms with Crippen molar-refractivity contribution in [1.29, 1.82) is 0 Å². The first kappa shape index (κ1) is 24.9. The molecule has 0 bridgehead atoms. The summed E-state index contributed by atoms with van der Waals surface area (Å²) in [5.74, 6) is 0.179. The molecule has 2 rings (SSSR count). The zero-order valence-electron chi connectivity index (χ0n) is 15.7. The summed E-state index contributed by atoms with van der Waals surface area (Å²) < 4.78 is 11.6. The number of hydrogen-bond donors (Lipinski definition) is 1. The Morgan fingerprint density at radius 3 is 2.44 bits per heavy atom. The molecule has 2 atom stereocenters. The normalized spacial score (nSPS) is 24.6. The SMILES string of the molecule is CCN(CC)CCOC1CCN(C(=O)[C@H]2NCCO[C@@H]2C)CC1.Cl.Cl. The Hall–Kier alpha value is -0.110. The van der Waals surface area contributed by atoms with Crippen molar-refractivity contribution < 1.29 is 14.3 Å². The minimum atomic E-state index is -0.191. The molecule has 0 radical (unpaired) electrons. The van der Waals surface area contributed by atoms with Gasteiger partial charge in [-0.1, -0.05) is 13.8 Å². The minimum Gasteiger partial charge on any atom is -0.377 e. The van der Waals surface area contributed by atoms with Gasteiger partial charge in [-0.2, -0.15) is 0 Å². The Balaban J connectivity index is 0.00000288. The largest absolute Gasteiger partial charge is 0.377 e. The second-order valence-electron chi connectivity index (χ2n) is 6.43. The molecule has 0 aromatic rings. The van der Waals surface area contributed by atoms with Crippen LogP contribution in [0.5, 0.6) is 0 Å². The van der Waals surface area contributed by atoms with E-state index in [0.29, 0.717) is 12.7 Å². The van der Waals surface area contributed by atoms with Gasteiger partial charge in [-0.05, 0) is 32.9 Å². The van der Waals surface area contributed by atoms with Gasteiger partial charge < -0.3 is 24.6 Å². The number of nitrogens with one attached hydrogen (secondary N) is 1. The summed E-state index contributed by atoms with van der Waals surface area (Å²) in [7, 11) is 0. The molecule has 0 aromatic heterocycles. The van der Waals surface area contributed by atoms with Crippen molar-refractivity contribution in [3.8, 4) is 0 Å². The lowest BCUT2D eigenvalue weighted by Crippen LogP contribution is -2.57. The highest BCUT2D eigenvalue weighted by atomic mass is 35.5. The lowest BCUT2D eigenvalue weighted by Gasteiger charge is -2.37. The van der Waals surface area contributed by atoms with Gasteiger partial charge in [-0.3, -0.25) is 4.79 Å². The van der Waals surface area contributed by atoms with Gasteiger partial charge in [0.15, 0.2) is 0 Å². The van der Waals surface area contributed by atoms with Crippen LogP contribution in [0, 0.1) is 0 Å². The van der Waals surface area contributed by atoms with Crippen LogP contribution in [-0.2, 0) is 14.3 Å². The van der Waals surface area contributed by atoms with Crippen LogP contribution in [0.3, 0.4) is 0 Å². The van der Waals surface area contributed by atoms with Gasteiger partial charge >= 0.3 is 0 Å². The molecule has 2 heterocycles. The predicted octanol–water partition coefficient (Wildman–Crippen LogP) is 1.56. The Bertz CT molecular complexity index is 365. The van der Waals surface area contributed by atoms with Gasteiger partial charge in [0.2, 0.25) is 5.91 Å². The van der Waals surface area contributed by atoms with E-state index >= 15 is 0 Å². The maximum atomic E-state index is 12.6. The van der Waals surface area contributed by atoms with Crippen molar-refractivity contribution in [3.05, 3.63) is 0 Å². The standard InChI is InChI=1S/C17H33N3O3.2ClH/c1-4-19(5-2)11-13-23-15-6-9-20(10-7-15)17(21)16-14(3)22-12-8-18-16;;/h14-16,18H,4-13H2,1-3H3;2*1H/t14-,16+;;/m1../s1. The molecule has 1 amide bonds. The Labute approximate surface area is 164 Å². The Morgan fingerprint density at radius 2 is 1.88 bits per heavy atom. The zero-order valence-corrected chi connectivity index (χ0v) is 17.4. The van der Waals surface area contributed by atoms with Crippen LogP contribution in [0.4, 0.5) is 0 Å². The van der Waals surface area contributed by atoms with Crippen LogP contribution in [0.25, 0.3) is 0 Å². The highest BCUT2D eigenvalue weighted by Gasteiger charge is 2.33. The van der Waals surface area contributed by atoms with Crippen molar-refractivity contribution in [3.63, 3.8) is 0 Å². The third-order valence-corrected chi connectivity index (χ3v) is 4.99. The quantitative estimate of drug-likeness (QED) is 0.703. The topological polar surface area (TPSA) is 54.0 Å². The van der Waals surface area contributed by atoms with Gasteiger partial charge in [0, 0.05) is 26.2 Å². The van der Waals surface area contributed by atoms with E-state index in [1.54, 1.807) is 0 Å². The van der Waals surface area contributed by atoms with Gasteiger partial charge in [-0.25, -0.2) is 0 Å². The number of morpholine rings is 1. The molecule has 25 heavy (non-hydrogen) atoms. The number of carbonyl (C=O) groups is 1. The maximum absolute atomic E-state index is 12.6. The third-order valence-electron chi connectivity index (χ3n) is 4.99. The number of likely N-dealkylation sites (tertiary alicyclic amines) is 1. The van der Waals surface area contributed by atoms with Crippen LogP contribution in [-0.4, -0.2) is 86.4 Å². The molecular weight excluding hydrogens is 365 g/mol. The number of likely N-dealkylation sites (N-methyl/N-ethyl adjacent to an activating group) is 1. The van der Waals surface area contributed by atoms with Gasteiger partial charge in [0.25, 0.3) is 0 Å². The van der Waals surface area contributed by atoms with E-state index < -0.39 is 0 Å². The molecule has 0 saturated carbocycles. The molecule has 2 aliphatic heterocycles.